The molecular formula is C9H13N. The van der Waals surface area contributed by atoms with Gasteiger partial charge >= 0.3 is 0 Å². The molecule has 54 valence electrons. The van der Waals surface area contributed by atoms with E-state index in [4.69, 9.17) is 0 Å². The third kappa shape index (κ3) is 1.00. The van der Waals surface area contributed by atoms with Crippen molar-refractivity contribution in [2.75, 3.05) is 6.54 Å². The third-order valence-corrected chi connectivity index (χ3v) is 2.42. The molecule has 0 aromatic rings. The van der Waals surface area contributed by atoms with Gasteiger partial charge < -0.3 is 0 Å². The molecule has 10 heavy (non-hydrogen) atoms. The van der Waals surface area contributed by atoms with Gasteiger partial charge in [-0.1, -0.05) is 11.6 Å². The zero-order valence-electron chi connectivity index (χ0n) is 6.21. The molecule has 0 radical (unpaired) electrons. The topological polar surface area (TPSA) is 12.4 Å². The highest BCUT2D eigenvalue weighted by Gasteiger charge is 2.17. The van der Waals surface area contributed by atoms with Gasteiger partial charge in [0.25, 0.3) is 0 Å². The minimum Gasteiger partial charge on any atom is -0.297 e. The van der Waals surface area contributed by atoms with E-state index >= 15 is 0 Å². The second-order valence-corrected chi connectivity index (χ2v) is 3.12. The van der Waals surface area contributed by atoms with E-state index in [1.165, 1.54) is 25.7 Å². The Morgan fingerprint density at radius 1 is 1.50 bits per heavy atom. The van der Waals surface area contributed by atoms with Gasteiger partial charge in [-0.25, -0.2) is 0 Å². The van der Waals surface area contributed by atoms with Crippen LogP contribution in [0.2, 0.25) is 0 Å². The van der Waals surface area contributed by atoms with Crippen LogP contribution in [-0.4, -0.2) is 12.8 Å². The summed E-state index contributed by atoms with van der Waals surface area (Å²) in [5.74, 6) is 0.725. The highest BCUT2D eigenvalue weighted by atomic mass is 14.7. The Kier molecular flexibility index (Phi) is 1.58. The summed E-state index contributed by atoms with van der Waals surface area (Å²) in [6.07, 6.45) is 9.80. The van der Waals surface area contributed by atoms with Crippen LogP contribution in [0.4, 0.5) is 0 Å². The fraction of sp³-hybridized carbons (Fsp3) is 0.667. The molecular weight excluding hydrogens is 122 g/mol. The standard InChI is InChI=1S/C9H13N/c1-2-4-9-7-10-6-5-8(9)3-1/h3,7,9H,1-2,4-6H2. The molecule has 1 heteroatoms. The van der Waals surface area contributed by atoms with Gasteiger partial charge in [0.1, 0.15) is 0 Å². The Labute approximate surface area is 61.9 Å². The second-order valence-electron chi connectivity index (χ2n) is 3.12. The first-order valence-electron chi connectivity index (χ1n) is 4.16. The fourth-order valence-corrected chi connectivity index (χ4v) is 1.82. The average Bonchev–Trinajstić information content (AvgIpc) is 2.05. The third-order valence-electron chi connectivity index (χ3n) is 2.42. The Morgan fingerprint density at radius 2 is 2.50 bits per heavy atom. The summed E-state index contributed by atoms with van der Waals surface area (Å²) in [5.41, 5.74) is 1.65. The molecule has 0 bridgehead atoms. The van der Waals surface area contributed by atoms with Crippen molar-refractivity contribution in [2.45, 2.75) is 25.7 Å². The quantitative estimate of drug-likeness (QED) is 0.451. The molecule has 2 aliphatic rings. The van der Waals surface area contributed by atoms with Crippen molar-refractivity contribution in [3.8, 4) is 0 Å². The molecule has 0 spiro atoms. The Bertz CT molecular complexity index is 179. The Morgan fingerprint density at radius 3 is 3.40 bits per heavy atom. The molecule has 0 aromatic heterocycles. The smallest absolute Gasteiger partial charge is 0.0423 e. The summed E-state index contributed by atoms with van der Waals surface area (Å²) in [6.45, 7) is 1.03. The zero-order valence-corrected chi connectivity index (χ0v) is 6.21. The maximum absolute atomic E-state index is 4.30. The first-order valence-corrected chi connectivity index (χ1v) is 4.16. The average molecular weight is 135 g/mol. The van der Waals surface area contributed by atoms with Gasteiger partial charge in [0.2, 0.25) is 0 Å². The van der Waals surface area contributed by atoms with Crippen LogP contribution in [0.5, 0.6) is 0 Å². The highest BCUT2D eigenvalue weighted by molar-refractivity contribution is 5.66. The van der Waals surface area contributed by atoms with E-state index < -0.39 is 0 Å². The predicted molar refractivity (Wildman–Crippen MR) is 43.4 cm³/mol. The SMILES string of the molecule is C1=NCCC2=CCCCC12. The van der Waals surface area contributed by atoms with Gasteiger partial charge in [-0.15, -0.1) is 0 Å². The summed E-state index contributed by atoms with van der Waals surface area (Å²) < 4.78 is 0. The largest absolute Gasteiger partial charge is 0.297 e. The van der Waals surface area contributed by atoms with Gasteiger partial charge in [-0.2, -0.15) is 0 Å². The molecule has 0 amide bonds. The molecule has 1 nitrogen and oxygen atoms in total. The number of hydrogen-bond donors (Lipinski definition) is 0. The van der Waals surface area contributed by atoms with Crippen LogP contribution in [0.15, 0.2) is 16.6 Å². The number of allylic oxidation sites excluding steroid dienone is 1. The van der Waals surface area contributed by atoms with Crippen molar-refractivity contribution in [2.24, 2.45) is 10.9 Å². The zero-order chi connectivity index (χ0) is 6.81. The number of rotatable bonds is 0. The number of fused-ring (bicyclic) bond motifs is 1. The van der Waals surface area contributed by atoms with E-state index in [9.17, 15) is 0 Å². The van der Waals surface area contributed by atoms with Gasteiger partial charge in [-0.05, 0) is 25.7 Å². The number of hydrogen-bond acceptors (Lipinski definition) is 1. The van der Waals surface area contributed by atoms with Crippen molar-refractivity contribution in [1.82, 2.24) is 0 Å². The monoisotopic (exact) mass is 135 g/mol. The molecule has 1 atom stereocenters. The lowest BCUT2D eigenvalue weighted by molar-refractivity contribution is 0.594. The van der Waals surface area contributed by atoms with Gasteiger partial charge in [0.05, 0.1) is 0 Å². The van der Waals surface area contributed by atoms with Crippen molar-refractivity contribution in [1.29, 1.82) is 0 Å². The number of nitrogens with zero attached hydrogens (tertiary/aromatic N) is 1. The second kappa shape index (κ2) is 2.57. The van der Waals surface area contributed by atoms with Crippen LogP contribution in [0.3, 0.4) is 0 Å². The first-order chi connectivity index (χ1) is 4.97. The van der Waals surface area contributed by atoms with Gasteiger partial charge in [0.15, 0.2) is 0 Å². The molecule has 0 fully saturated rings. The van der Waals surface area contributed by atoms with Gasteiger partial charge in [-0.3, -0.25) is 4.99 Å². The Hall–Kier alpha value is -0.590. The number of aliphatic imine (C=N–C) groups is 1. The van der Waals surface area contributed by atoms with Gasteiger partial charge in [0, 0.05) is 18.7 Å². The minimum absolute atomic E-state index is 0.725. The molecule has 1 aliphatic heterocycles. The van der Waals surface area contributed by atoms with E-state index in [0.29, 0.717) is 0 Å². The molecule has 1 aliphatic carbocycles. The summed E-state index contributed by atoms with van der Waals surface area (Å²) in [7, 11) is 0. The van der Waals surface area contributed by atoms with Crippen LogP contribution >= 0.6 is 0 Å². The highest BCUT2D eigenvalue weighted by Crippen LogP contribution is 2.27. The predicted octanol–water partition coefficient (Wildman–Crippen LogP) is 2.19. The molecule has 1 heterocycles. The van der Waals surface area contributed by atoms with Crippen LogP contribution in [-0.2, 0) is 0 Å². The van der Waals surface area contributed by atoms with Crippen molar-refractivity contribution < 1.29 is 0 Å². The molecule has 1 unspecified atom stereocenters. The fourth-order valence-electron chi connectivity index (χ4n) is 1.82. The van der Waals surface area contributed by atoms with Crippen LogP contribution < -0.4 is 0 Å². The molecule has 0 aromatic carbocycles. The lowest BCUT2D eigenvalue weighted by Crippen LogP contribution is -2.14. The molecule has 0 saturated carbocycles. The van der Waals surface area contributed by atoms with Crippen LogP contribution in [0.25, 0.3) is 0 Å². The lowest BCUT2D eigenvalue weighted by atomic mass is 9.85. The maximum atomic E-state index is 4.30. The van der Waals surface area contributed by atoms with Crippen molar-refractivity contribution in [3.63, 3.8) is 0 Å². The van der Waals surface area contributed by atoms with E-state index in [1.54, 1.807) is 5.57 Å². The first kappa shape index (κ1) is 6.14. The lowest BCUT2D eigenvalue weighted by Gasteiger charge is -2.23. The summed E-state index contributed by atoms with van der Waals surface area (Å²) >= 11 is 0. The van der Waals surface area contributed by atoms with Crippen LogP contribution in [0, 0.1) is 5.92 Å². The van der Waals surface area contributed by atoms with Crippen molar-refractivity contribution in [3.05, 3.63) is 11.6 Å². The normalized spacial score (nSPS) is 31.2. The maximum Gasteiger partial charge on any atom is 0.0423 e. The van der Waals surface area contributed by atoms with E-state index in [-0.39, 0.29) is 0 Å². The molecule has 2 rings (SSSR count). The summed E-state index contributed by atoms with van der Waals surface area (Å²) in [5, 5.41) is 0. The van der Waals surface area contributed by atoms with E-state index in [1.807, 2.05) is 0 Å². The van der Waals surface area contributed by atoms with Crippen molar-refractivity contribution >= 4 is 6.21 Å². The molecule has 0 N–H and O–H groups in total. The van der Waals surface area contributed by atoms with E-state index in [2.05, 4.69) is 17.3 Å². The summed E-state index contributed by atoms with van der Waals surface area (Å²) in [4.78, 5) is 4.30. The molecule has 0 saturated heterocycles. The minimum atomic E-state index is 0.725. The van der Waals surface area contributed by atoms with E-state index in [0.717, 1.165) is 12.5 Å². The summed E-state index contributed by atoms with van der Waals surface area (Å²) in [6, 6.07) is 0. The van der Waals surface area contributed by atoms with Crippen LogP contribution in [0.1, 0.15) is 25.7 Å². The Balaban J connectivity index is 2.20.